The van der Waals surface area contributed by atoms with Crippen LogP contribution in [-0.2, 0) is 17.9 Å². The second kappa shape index (κ2) is 8.84. The van der Waals surface area contributed by atoms with Crippen molar-refractivity contribution in [1.82, 2.24) is 14.8 Å². The first kappa shape index (κ1) is 19.1. The Kier molecular flexibility index (Phi) is 6.51. The molecule has 0 unspecified atom stereocenters. The molecule has 1 aliphatic heterocycles. The fourth-order valence-corrected chi connectivity index (χ4v) is 3.64. The summed E-state index contributed by atoms with van der Waals surface area (Å²) in [5, 5.41) is 3.80. The van der Waals surface area contributed by atoms with Gasteiger partial charge in [-0.25, -0.2) is 0 Å². The Morgan fingerprint density at radius 3 is 2.54 bits per heavy atom. The molecule has 1 N–H and O–H groups in total. The molecule has 0 atom stereocenters. The smallest absolute Gasteiger partial charge is 0.251 e. The van der Waals surface area contributed by atoms with Crippen LogP contribution in [0.2, 0.25) is 5.02 Å². The number of halogens is 2. The molecule has 0 spiro atoms. The molecule has 138 valence electrons. The van der Waals surface area contributed by atoms with E-state index in [0.717, 1.165) is 42.0 Å². The molecule has 3 rings (SSSR count). The highest BCUT2D eigenvalue weighted by molar-refractivity contribution is 9.10. The van der Waals surface area contributed by atoms with Crippen molar-refractivity contribution < 1.29 is 4.79 Å². The number of hydrogen-bond acceptors (Lipinski definition) is 3. The van der Waals surface area contributed by atoms with E-state index in [0.29, 0.717) is 0 Å². The lowest BCUT2D eigenvalue weighted by atomic mass is 10.0. The van der Waals surface area contributed by atoms with Gasteiger partial charge in [0.2, 0.25) is 5.91 Å². The van der Waals surface area contributed by atoms with Crippen LogP contribution in [0.15, 0.2) is 51.9 Å². The van der Waals surface area contributed by atoms with E-state index in [1.165, 1.54) is 16.2 Å². The van der Waals surface area contributed by atoms with E-state index in [1.807, 2.05) is 24.3 Å². The van der Waals surface area contributed by atoms with Crippen LogP contribution in [0, 0.1) is 0 Å². The van der Waals surface area contributed by atoms with Gasteiger partial charge in [0.1, 0.15) is 6.54 Å². The fourth-order valence-electron chi connectivity index (χ4n) is 3.14. The summed E-state index contributed by atoms with van der Waals surface area (Å²) < 4.78 is 2.19. The number of rotatable bonds is 5. The summed E-state index contributed by atoms with van der Waals surface area (Å²) in [5.74, 6) is -0.124. The molecule has 0 saturated carbocycles. The summed E-state index contributed by atoms with van der Waals surface area (Å²) in [7, 11) is 0. The lowest BCUT2D eigenvalue weighted by Gasteiger charge is -2.32. The molecule has 2 heterocycles. The normalized spacial score (nSPS) is 15.8. The molecular formula is C19H21BrClN3O2. The van der Waals surface area contributed by atoms with E-state index in [4.69, 9.17) is 11.6 Å². The molecule has 1 fully saturated rings. The molecule has 26 heavy (non-hydrogen) atoms. The third-order valence-electron chi connectivity index (χ3n) is 4.53. The van der Waals surface area contributed by atoms with Gasteiger partial charge < -0.3 is 9.88 Å². The van der Waals surface area contributed by atoms with Crippen LogP contribution in [0.25, 0.3) is 0 Å². The molecular weight excluding hydrogens is 418 g/mol. The van der Waals surface area contributed by atoms with Gasteiger partial charge in [-0.3, -0.25) is 14.5 Å². The number of aromatic nitrogens is 1. The summed E-state index contributed by atoms with van der Waals surface area (Å²) in [6.07, 6.45) is 3.45. The summed E-state index contributed by atoms with van der Waals surface area (Å²) in [6.45, 7) is 2.81. The highest BCUT2D eigenvalue weighted by Crippen LogP contribution is 2.16. The molecule has 7 heteroatoms. The zero-order valence-electron chi connectivity index (χ0n) is 14.3. The number of pyridine rings is 1. The van der Waals surface area contributed by atoms with E-state index < -0.39 is 0 Å². The van der Waals surface area contributed by atoms with Crippen LogP contribution in [0.1, 0.15) is 18.4 Å². The van der Waals surface area contributed by atoms with E-state index in [2.05, 4.69) is 26.1 Å². The molecule has 1 aromatic heterocycles. The number of nitrogens with zero attached hydrogens (tertiary/aromatic N) is 2. The van der Waals surface area contributed by atoms with Gasteiger partial charge in [-0.1, -0.05) is 23.7 Å². The minimum Gasteiger partial charge on any atom is -0.352 e. The van der Waals surface area contributed by atoms with Crippen molar-refractivity contribution in [2.45, 2.75) is 32.0 Å². The minimum absolute atomic E-state index is 0.0449. The average molecular weight is 439 g/mol. The Hall–Kier alpha value is -1.63. The first-order valence-corrected chi connectivity index (χ1v) is 9.79. The monoisotopic (exact) mass is 437 g/mol. The highest BCUT2D eigenvalue weighted by atomic mass is 79.9. The van der Waals surface area contributed by atoms with Crippen LogP contribution in [0.4, 0.5) is 0 Å². The van der Waals surface area contributed by atoms with Crippen LogP contribution in [0.5, 0.6) is 0 Å². The largest absolute Gasteiger partial charge is 0.352 e. The van der Waals surface area contributed by atoms with E-state index in [-0.39, 0.29) is 24.1 Å². The molecule has 1 amide bonds. The van der Waals surface area contributed by atoms with Crippen molar-refractivity contribution in [3.8, 4) is 0 Å². The van der Waals surface area contributed by atoms with Gasteiger partial charge >= 0.3 is 0 Å². The number of carbonyl (C=O) groups is 1. The second-order valence-electron chi connectivity index (χ2n) is 6.56. The van der Waals surface area contributed by atoms with Gasteiger partial charge in [0.25, 0.3) is 5.56 Å². The quantitative estimate of drug-likeness (QED) is 0.781. The van der Waals surface area contributed by atoms with E-state index in [9.17, 15) is 9.59 Å². The van der Waals surface area contributed by atoms with Crippen molar-refractivity contribution in [1.29, 1.82) is 0 Å². The number of hydrogen-bond donors (Lipinski definition) is 1. The SMILES string of the molecule is O=C(Cn1cc(Br)ccc1=O)NC1CCN(Cc2ccc(Cl)cc2)CC1. The van der Waals surface area contributed by atoms with Gasteiger partial charge in [-0.05, 0) is 52.5 Å². The van der Waals surface area contributed by atoms with Crippen LogP contribution in [0.3, 0.4) is 0 Å². The molecule has 0 bridgehead atoms. The molecule has 0 radical (unpaired) electrons. The van der Waals surface area contributed by atoms with Crippen LogP contribution >= 0.6 is 27.5 Å². The number of nitrogens with one attached hydrogen (secondary N) is 1. The number of carbonyl (C=O) groups excluding carboxylic acids is 1. The minimum atomic E-state index is -0.180. The molecule has 0 aliphatic carbocycles. The zero-order valence-corrected chi connectivity index (χ0v) is 16.7. The summed E-state index contributed by atoms with van der Waals surface area (Å²) in [4.78, 5) is 26.4. The van der Waals surface area contributed by atoms with Gasteiger partial charge in [0.05, 0.1) is 0 Å². The fraction of sp³-hybridized carbons (Fsp3) is 0.368. The lowest BCUT2D eigenvalue weighted by molar-refractivity contribution is -0.122. The first-order valence-electron chi connectivity index (χ1n) is 8.62. The molecule has 1 saturated heterocycles. The Bertz CT molecular complexity index is 814. The van der Waals surface area contributed by atoms with Crippen molar-refractivity contribution in [3.63, 3.8) is 0 Å². The predicted octanol–water partition coefficient (Wildman–Crippen LogP) is 3.05. The molecule has 2 aromatic rings. The van der Waals surface area contributed by atoms with E-state index in [1.54, 1.807) is 12.3 Å². The first-order chi connectivity index (χ1) is 12.5. The average Bonchev–Trinajstić information content (AvgIpc) is 2.62. The highest BCUT2D eigenvalue weighted by Gasteiger charge is 2.21. The standard InChI is InChI=1S/C19H21BrClN3O2/c20-15-3-6-19(26)24(12-15)13-18(25)22-17-7-9-23(10-8-17)11-14-1-4-16(21)5-2-14/h1-6,12,17H,7-11,13H2,(H,22,25). The Morgan fingerprint density at radius 2 is 1.85 bits per heavy atom. The maximum Gasteiger partial charge on any atom is 0.251 e. The number of piperidine rings is 1. The van der Waals surface area contributed by atoms with Gasteiger partial charge in [-0.15, -0.1) is 0 Å². The summed E-state index contributed by atoms with van der Waals surface area (Å²) in [5.41, 5.74) is 1.06. The topological polar surface area (TPSA) is 54.3 Å². The third kappa shape index (κ3) is 5.43. The van der Waals surface area contributed by atoms with Crippen molar-refractivity contribution in [3.05, 3.63) is 68.0 Å². The number of likely N-dealkylation sites (tertiary alicyclic amines) is 1. The Balaban J connectivity index is 1.46. The molecule has 1 aliphatic rings. The van der Waals surface area contributed by atoms with Gasteiger partial charge in [0.15, 0.2) is 0 Å². The summed E-state index contributed by atoms with van der Waals surface area (Å²) in [6, 6.07) is 11.2. The van der Waals surface area contributed by atoms with E-state index >= 15 is 0 Å². The third-order valence-corrected chi connectivity index (χ3v) is 5.25. The molecule has 5 nitrogen and oxygen atoms in total. The van der Waals surface area contributed by atoms with Crippen molar-refractivity contribution in [2.24, 2.45) is 0 Å². The van der Waals surface area contributed by atoms with Crippen molar-refractivity contribution in [2.75, 3.05) is 13.1 Å². The van der Waals surface area contributed by atoms with Crippen molar-refractivity contribution >= 4 is 33.4 Å². The van der Waals surface area contributed by atoms with Crippen LogP contribution in [-0.4, -0.2) is 34.5 Å². The maximum atomic E-state index is 12.2. The van der Waals surface area contributed by atoms with Gasteiger partial charge in [0, 0.05) is 47.4 Å². The van der Waals surface area contributed by atoms with Gasteiger partial charge in [-0.2, -0.15) is 0 Å². The van der Waals surface area contributed by atoms with Crippen LogP contribution < -0.4 is 10.9 Å². The predicted molar refractivity (Wildman–Crippen MR) is 106 cm³/mol. The number of amides is 1. The second-order valence-corrected chi connectivity index (χ2v) is 7.91. The lowest BCUT2D eigenvalue weighted by Crippen LogP contribution is -2.45. The maximum absolute atomic E-state index is 12.2. The summed E-state index contributed by atoms with van der Waals surface area (Å²) >= 11 is 9.24. The number of benzene rings is 1. The zero-order chi connectivity index (χ0) is 18.5. The molecule has 1 aromatic carbocycles. The Morgan fingerprint density at radius 1 is 1.15 bits per heavy atom. The Labute approximate surface area is 166 Å².